The second-order valence-electron chi connectivity index (χ2n) is 3.93. The van der Waals surface area contributed by atoms with Crippen LogP contribution in [-0.4, -0.2) is 36.0 Å². The molecule has 106 valence electrons. The van der Waals surface area contributed by atoms with E-state index in [1.807, 2.05) is 0 Å². The van der Waals surface area contributed by atoms with Crippen molar-refractivity contribution in [2.24, 2.45) is 0 Å². The van der Waals surface area contributed by atoms with Gasteiger partial charge in [0.2, 0.25) is 5.91 Å². The van der Waals surface area contributed by atoms with E-state index >= 15 is 0 Å². The van der Waals surface area contributed by atoms with E-state index in [0.717, 1.165) is 6.07 Å². The highest BCUT2D eigenvalue weighted by Crippen LogP contribution is 2.17. The largest absolute Gasteiger partial charge is 0.406 e. The smallest absolute Gasteiger partial charge is 0.332 e. The van der Waals surface area contributed by atoms with Crippen molar-refractivity contribution in [2.75, 3.05) is 19.0 Å². The highest BCUT2D eigenvalue weighted by atomic mass is 35.5. The third-order valence-electron chi connectivity index (χ3n) is 2.32. The molecule has 0 aliphatic rings. The van der Waals surface area contributed by atoms with E-state index < -0.39 is 24.4 Å². The normalized spacial score (nSPS) is 11.4. The molecule has 1 rings (SSSR count). The third kappa shape index (κ3) is 5.92. The van der Waals surface area contributed by atoms with Gasteiger partial charge >= 0.3 is 6.18 Å². The number of carbonyl (C=O) groups excluding carboxylic acids is 1. The number of halogens is 5. The summed E-state index contributed by atoms with van der Waals surface area (Å²) >= 11 is 5.38. The van der Waals surface area contributed by atoms with Crippen LogP contribution in [-0.2, 0) is 11.2 Å². The van der Waals surface area contributed by atoms with Gasteiger partial charge in [-0.05, 0) is 17.7 Å². The minimum Gasteiger partial charge on any atom is -0.332 e. The van der Waals surface area contributed by atoms with Crippen LogP contribution in [0.4, 0.5) is 17.6 Å². The predicted molar refractivity (Wildman–Crippen MR) is 63.5 cm³/mol. The molecule has 1 amide bonds. The summed E-state index contributed by atoms with van der Waals surface area (Å²) in [5.74, 6) is -1.36. The lowest BCUT2D eigenvalue weighted by Crippen LogP contribution is -2.40. The SMILES string of the molecule is O=C(Cc1cccc(F)c1)N(CCCl)CC(F)(F)F. The van der Waals surface area contributed by atoms with E-state index in [1.165, 1.54) is 18.2 Å². The van der Waals surface area contributed by atoms with Crippen LogP contribution >= 0.6 is 11.6 Å². The molecule has 0 N–H and O–H groups in total. The van der Waals surface area contributed by atoms with E-state index in [1.54, 1.807) is 0 Å². The van der Waals surface area contributed by atoms with Gasteiger partial charge in [0.25, 0.3) is 0 Å². The van der Waals surface area contributed by atoms with Gasteiger partial charge in [-0.1, -0.05) is 12.1 Å². The number of benzene rings is 1. The third-order valence-corrected chi connectivity index (χ3v) is 2.49. The second kappa shape index (κ2) is 6.75. The molecule has 0 saturated carbocycles. The number of amides is 1. The summed E-state index contributed by atoms with van der Waals surface area (Å²) in [4.78, 5) is 12.4. The number of hydrogen-bond donors (Lipinski definition) is 0. The summed E-state index contributed by atoms with van der Waals surface area (Å²) in [7, 11) is 0. The van der Waals surface area contributed by atoms with E-state index in [2.05, 4.69) is 0 Å². The molecule has 2 nitrogen and oxygen atoms in total. The van der Waals surface area contributed by atoms with Crippen molar-refractivity contribution < 1.29 is 22.4 Å². The van der Waals surface area contributed by atoms with Crippen LogP contribution in [0.15, 0.2) is 24.3 Å². The Labute approximate surface area is 113 Å². The molecule has 0 unspecified atom stereocenters. The Bertz CT molecular complexity index is 436. The number of alkyl halides is 4. The molecule has 0 spiro atoms. The minimum absolute atomic E-state index is 0.0923. The molecule has 0 radical (unpaired) electrons. The van der Waals surface area contributed by atoms with E-state index in [9.17, 15) is 22.4 Å². The summed E-state index contributed by atoms with van der Waals surface area (Å²) < 4.78 is 49.8. The molecule has 0 heterocycles. The van der Waals surface area contributed by atoms with Crippen LogP contribution < -0.4 is 0 Å². The molecule has 1 aromatic carbocycles. The first-order valence-corrected chi connectivity index (χ1v) is 6.00. The van der Waals surface area contributed by atoms with Gasteiger partial charge in [-0.15, -0.1) is 11.6 Å². The molecule has 1 aromatic rings. The predicted octanol–water partition coefficient (Wildman–Crippen LogP) is 3.00. The summed E-state index contributed by atoms with van der Waals surface area (Å²) in [5, 5.41) is 0. The van der Waals surface area contributed by atoms with Gasteiger partial charge in [0.05, 0.1) is 6.42 Å². The Balaban J connectivity index is 2.71. The maximum Gasteiger partial charge on any atom is 0.406 e. The van der Waals surface area contributed by atoms with Crippen LogP contribution in [0.2, 0.25) is 0 Å². The first-order chi connectivity index (χ1) is 8.81. The summed E-state index contributed by atoms with van der Waals surface area (Å²) in [6, 6.07) is 5.19. The van der Waals surface area contributed by atoms with Gasteiger partial charge < -0.3 is 4.90 Å². The topological polar surface area (TPSA) is 20.3 Å². The number of rotatable bonds is 5. The Morgan fingerprint density at radius 2 is 2.00 bits per heavy atom. The lowest BCUT2D eigenvalue weighted by atomic mass is 10.1. The van der Waals surface area contributed by atoms with E-state index in [0.29, 0.717) is 10.5 Å². The van der Waals surface area contributed by atoms with Crippen LogP contribution in [0.3, 0.4) is 0 Å². The minimum atomic E-state index is -4.48. The lowest BCUT2D eigenvalue weighted by molar-refractivity contribution is -0.160. The molecule has 0 aliphatic heterocycles. The Morgan fingerprint density at radius 1 is 1.32 bits per heavy atom. The zero-order valence-electron chi connectivity index (χ0n) is 9.88. The van der Waals surface area contributed by atoms with Gasteiger partial charge in [0, 0.05) is 12.4 Å². The maximum absolute atomic E-state index is 12.9. The quantitative estimate of drug-likeness (QED) is 0.604. The van der Waals surface area contributed by atoms with Crippen molar-refractivity contribution >= 4 is 17.5 Å². The molecular formula is C12H12ClF4NO. The molecule has 7 heteroatoms. The van der Waals surface area contributed by atoms with Gasteiger partial charge in [-0.3, -0.25) is 4.79 Å². The van der Waals surface area contributed by atoms with Crippen molar-refractivity contribution in [3.8, 4) is 0 Å². The zero-order valence-corrected chi connectivity index (χ0v) is 10.6. The van der Waals surface area contributed by atoms with Crippen molar-refractivity contribution in [2.45, 2.75) is 12.6 Å². The average Bonchev–Trinajstić information content (AvgIpc) is 2.26. The van der Waals surface area contributed by atoms with Gasteiger partial charge in [-0.2, -0.15) is 13.2 Å². The fourth-order valence-corrected chi connectivity index (χ4v) is 1.75. The molecule has 0 bridgehead atoms. The Hall–Kier alpha value is -1.30. The molecule has 19 heavy (non-hydrogen) atoms. The maximum atomic E-state index is 12.9. The molecule has 0 aliphatic carbocycles. The van der Waals surface area contributed by atoms with Gasteiger partial charge in [-0.25, -0.2) is 4.39 Å². The molecule has 0 aromatic heterocycles. The van der Waals surface area contributed by atoms with Crippen molar-refractivity contribution in [3.05, 3.63) is 35.6 Å². The Kier molecular flexibility index (Phi) is 5.60. The summed E-state index contributed by atoms with van der Waals surface area (Å²) in [5.41, 5.74) is 0.326. The number of nitrogens with zero attached hydrogens (tertiary/aromatic N) is 1. The van der Waals surface area contributed by atoms with Crippen molar-refractivity contribution in [1.29, 1.82) is 0 Å². The van der Waals surface area contributed by atoms with Crippen molar-refractivity contribution in [3.63, 3.8) is 0 Å². The zero-order chi connectivity index (χ0) is 14.5. The summed E-state index contributed by atoms with van der Waals surface area (Å²) in [6.45, 7) is -1.55. The van der Waals surface area contributed by atoms with Gasteiger partial charge in [0.1, 0.15) is 12.4 Å². The molecular weight excluding hydrogens is 286 g/mol. The number of carbonyl (C=O) groups is 1. The molecule has 0 saturated heterocycles. The van der Waals surface area contributed by atoms with E-state index in [4.69, 9.17) is 11.6 Å². The fraction of sp³-hybridized carbons (Fsp3) is 0.417. The molecule has 0 fully saturated rings. The monoisotopic (exact) mass is 297 g/mol. The standard InChI is InChI=1S/C12H12ClF4NO/c13-4-5-18(8-12(15,16)17)11(19)7-9-2-1-3-10(14)6-9/h1-3,6H,4-5,7-8H2. The number of hydrogen-bond acceptors (Lipinski definition) is 1. The highest BCUT2D eigenvalue weighted by Gasteiger charge is 2.32. The average molecular weight is 298 g/mol. The van der Waals surface area contributed by atoms with Crippen LogP contribution in [0.5, 0.6) is 0 Å². The molecule has 0 atom stereocenters. The first kappa shape index (κ1) is 15.8. The second-order valence-corrected chi connectivity index (χ2v) is 4.30. The van der Waals surface area contributed by atoms with Crippen LogP contribution in [0.1, 0.15) is 5.56 Å². The fourth-order valence-electron chi connectivity index (χ4n) is 1.54. The van der Waals surface area contributed by atoms with Crippen LogP contribution in [0, 0.1) is 5.82 Å². The van der Waals surface area contributed by atoms with Crippen LogP contribution in [0.25, 0.3) is 0 Å². The highest BCUT2D eigenvalue weighted by molar-refractivity contribution is 6.18. The first-order valence-electron chi connectivity index (χ1n) is 5.47. The van der Waals surface area contributed by atoms with E-state index in [-0.39, 0.29) is 18.8 Å². The van der Waals surface area contributed by atoms with Gasteiger partial charge in [0.15, 0.2) is 0 Å². The Morgan fingerprint density at radius 3 is 2.53 bits per heavy atom. The summed E-state index contributed by atoms with van der Waals surface area (Å²) in [6.07, 6.45) is -4.77. The lowest BCUT2D eigenvalue weighted by Gasteiger charge is -2.23. The van der Waals surface area contributed by atoms with Crippen molar-refractivity contribution in [1.82, 2.24) is 4.90 Å².